The standard InChI is InChI=1S/C21H22N4O/c1-24(21(26)15-5-3-2-4-6-15)20-11-17-9-10-18(12-20)25(17)19-8-7-16(13-22)23-14-19/h2-8,14,17-18,20H,9-12H2,1H3. The molecule has 0 aliphatic carbocycles. The fraction of sp³-hybridized carbons (Fsp3) is 0.381. The fourth-order valence-electron chi connectivity index (χ4n) is 4.44. The van der Waals surface area contributed by atoms with E-state index in [9.17, 15) is 4.79 Å². The summed E-state index contributed by atoms with van der Waals surface area (Å²) in [5.41, 5.74) is 2.29. The number of amides is 1. The maximum Gasteiger partial charge on any atom is 0.253 e. The second kappa shape index (κ2) is 6.80. The summed E-state index contributed by atoms with van der Waals surface area (Å²) in [7, 11) is 1.93. The third-order valence-corrected chi connectivity index (χ3v) is 5.76. The van der Waals surface area contributed by atoms with Gasteiger partial charge in [0.05, 0.1) is 11.9 Å². The van der Waals surface area contributed by atoms with Gasteiger partial charge in [-0.2, -0.15) is 5.26 Å². The van der Waals surface area contributed by atoms with Crippen LogP contribution >= 0.6 is 0 Å². The highest BCUT2D eigenvalue weighted by Gasteiger charge is 2.42. The lowest BCUT2D eigenvalue weighted by Gasteiger charge is -2.43. The Morgan fingerprint density at radius 1 is 1.15 bits per heavy atom. The van der Waals surface area contributed by atoms with Gasteiger partial charge in [-0.1, -0.05) is 18.2 Å². The van der Waals surface area contributed by atoms with Gasteiger partial charge in [-0.3, -0.25) is 4.79 Å². The first-order valence-corrected chi connectivity index (χ1v) is 9.14. The quantitative estimate of drug-likeness (QED) is 0.856. The molecule has 0 saturated carbocycles. The van der Waals surface area contributed by atoms with Gasteiger partial charge in [0, 0.05) is 30.7 Å². The number of carbonyl (C=O) groups is 1. The summed E-state index contributed by atoms with van der Waals surface area (Å²) in [6, 6.07) is 16.5. The topological polar surface area (TPSA) is 60.2 Å². The Labute approximate surface area is 153 Å². The molecule has 1 amide bonds. The van der Waals surface area contributed by atoms with Gasteiger partial charge in [0.1, 0.15) is 11.8 Å². The fourth-order valence-corrected chi connectivity index (χ4v) is 4.44. The highest BCUT2D eigenvalue weighted by atomic mass is 16.2. The van der Waals surface area contributed by atoms with E-state index in [0.29, 0.717) is 17.8 Å². The van der Waals surface area contributed by atoms with Gasteiger partial charge in [-0.05, 0) is 49.9 Å². The summed E-state index contributed by atoms with van der Waals surface area (Å²) in [5.74, 6) is 0.100. The summed E-state index contributed by atoms with van der Waals surface area (Å²) >= 11 is 0. The number of piperidine rings is 1. The van der Waals surface area contributed by atoms with E-state index in [1.165, 1.54) is 0 Å². The number of hydrogen-bond donors (Lipinski definition) is 0. The van der Waals surface area contributed by atoms with Crippen LogP contribution in [-0.4, -0.2) is 41.0 Å². The minimum Gasteiger partial charge on any atom is -0.364 e. The summed E-state index contributed by atoms with van der Waals surface area (Å²) < 4.78 is 0. The van der Waals surface area contributed by atoms with Gasteiger partial charge >= 0.3 is 0 Å². The third kappa shape index (κ3) is 2.92. The summed E-state index contributed by atoms with van der Waals surface area (Å²) in [5, 5.41) is 8.93. The number of hydrogen-bond acceptors (Lipinski definition) is 4. The molecular formula is C21H22N4O. The van der Waals surface area contributed by atoms with Gasteiger partial charge in [-0.25, -0.2) is 4.98 Å². The number of fused-ring (bicyclic) bond motifs is 2. The van der Waals surface area contributed by atoms with Crippen molar-refractivity contribution in [3.8, 4) is 6.07 Å². The molecule has 3 heterocycles. The van der Waals surface area contributed by atoms with Crippen LogP contribution in [0.4, 0.5) is 5.69 Å². The number of aromatic nitrogens is 1. The maximum atomic E-state index is 12.8. The van der Waals surface area contributed by atoms with E-state index in [-0.39, 0.29) is 11.9 Å². The average molecular weight is 346 g/mol. The summed E-state index contributed by atoms with van der Waals surface area (Å²) in [6.45, 7) is 0. The molecule has 0 radical (unpaired) electrons. The average Bonchev–Trinajstić information content (AvgIpc) is 2.96. The van der Waals surface area contributed by atoms with Crippen molar-refractivity contribution < 1.29 is 4.79 Å². The van der Waals surface area contributed by atoms with Crippen molar-refractivity contribution in [1.82, 2.24) is 9.88 Å². The van der Waals surface area contributed by atoms with Crippen LogP contribution in [0.1, 0.15) is 41.7 Å². The molecule has 2 fully saturated rings. The molecular weight excluding hydrogens is 324 g/mol. The zero-order valence-corrected chi connectivity index (χ0v) is 14.9. The smallest absolute Gasteiger partial charge is 0.253 e. The van der Waals surface area contributed by atoms with Gasteiger partial charge in [0.2, 0.25) is 0 Å². The van der Waals surface area contributed by atoms with E-state index in [1.54, 1.807) is 6.07 Å². The maximum absolute atomic E-state index is 12.8. The first-order chi connectivity index (χ1) is 12.7. The van der Waals surface area contributed by atoms with Crippen LogP contribution in [0.15, 0.2) is 48.7 Å². The van der Waals surface area contributed by atoms with Crippen LogP contribution < -0.4 is 4.90 Å². The Kier molecular flexibility index (Phi) is 4.34. The molecule has 26 heavy (non-hydrogen) atoms. The highest BCUT2D eigenvalue weighted by Crippen LogP contribution is 2.40. The molecule has 2 saturated heterocycles. The number of nitriles is 1. The Bertz CT molecular complexity index is 813. The molecule has 4 rings (SSSR count). The predicted molar refractivity (Wildman–Crippen MR) is 99.8 cm³/mol. The van der Waals surface area contributed by atoms with Crippen molar-refractivity contribution in [2.24, 2.45) is 0 Å². The van der Waals surface area contributed by atoms with Crippen molar-refractivity contribution in [2.45, 2.75) is 43.8 Å². The second-order valence-corrected chi connectivity index (χ2v) is 7.21. The first kappa shape index (κ1) is 16.6. The van der Waals surface area contributed by atoms with Crippen molar-refractivity contribution >= 4 is 11.6 Å². The van der Waals surface area contributed by atoms with Gasteiger partial charge in [0.25, 0.3) is 5.91 Å². The molecule has 5 heteroatoms. The van der Waals surface area contributed by atoms with Crippen LogP contribution in [0.25, 0.3) is 0 Å². The number of rotatable bonds is 3. The van der Waals surface area contributed by atoms with E-state index in [1.807, 2.05) is 54.5 Å². The van der Waals surface area contributed by atoms with Crippen LogP contribution in [0.3, 0.4) is 0 Å². The number of pyridine rings is 1. The lowest BCUT2D eigenvalue weighted by Crippen LogP contribution is -2.51. The molecule has 2 unspecified atom stereocenters. The molecule has 1 aromatic heterocycles. The molecule has 2 aliphatic heterocycles. The van der Waals surface area contributed by atoms with E-state index in [2.05, 4.69) is 16.0 Å². The van der Waals surface area contributed by atoms with Crippen molar-refractivity contribution in [2.75, 3.05) is 11.9 Å². The molecule has 5 nitrogen and oxygen atoms in total. The van der Waals surface area contributed by atoms with Gasteiger partial charge < -0.3 is 9.80 Å². The van der Waals surface area contributed by atoms with Gasteiger partial charge in [-0.15, -0.1) is 0 Å². The Balaban J connectivity index is 1.49. The molecule has 2 aliphatic rings. The molecule has 1 aromatic carbocycles. The number of anilines is 1. The zero-order chi connectivity index (χ0) is 18.1. The molecule has 0 N–H and O–H groups in total. The minimum atomic E-state index is 0.100. The van der Waals surface area contributed by atoms with E-state index in [4.69, 9.17) is 5.26 Å². The van der Waals surface area contributed by atoms with Crippen LogP contribution in [0, 0.1) is 11.3 Å². The van der Waals surface area contributed by atoms with Crippen LogP contribution in [0.5, 0.6) is 0 Å². The van der Waals surface area contributed by atoms with E-state index in [0.717, 1.165) is 36.9 Å². The molecule has 2 aromatic rings. The van der Waals surface area contributed by atoms with Crippen LogP contribution in [0.2, 0.25) is 0 Å². The number of benzene rings is 1. The third-order valence-electron chi connectivity index (χ3n) is 5.76. The van der Waals surface area contributed by atoms with Gasteiger partial charge in [0.15, 0.2) is 0 Å². The normalized spacial score (nSPS) is 24.2. The highest BCUT2D eigenvalue weighted by molar-refractivity contribution is 5.94. The van der Waals surface area contributed by atoms with Crippen molar-refractivity contribution in [1.29, 1.82) is 5.26 Å². The summed E-state index contributed by atoms with van der Waals surface area (Å²) in [4.78, 5) is 21.4. The van der Waals surface area contributed by atoms with Crippen LogP contribution in [-0.2, 0) is 0 Å². The molecule has 132 valence electrons. The monoisotopic (exact) mass is 346 g/mol. The number of nitrogens with zero attached hydrogens (tertiary/aromatic N) is 4. The lowest BCUT2D eigenvalue weighted by atomic mass is 9.95. The largest absolute Gasteiger partial charge is 0.364 e. The lowest BCUT2D eigenvalue weighted by molar-refractivity contribution is 0.0693. The number of carbonyl (C=O) groups excluding carboxylic acids is 1. The minimum absolute atomic E-state index is 0.100. The first-order valence-electron chi connectivity index (χ1n) is 9.14. The van der Waals surface area contributed by atoms with Crippen molar-refractivity contribution in [3.05, 3.63) is 59.9 Å². The predicted octanol–water partition coefficient (Wildman–Crippen LogP) is 3.23. The van der Waals surface area contributed by atoms with E-state index < -0.39 is 0 Å². The Morgan fingerprint density at radius 3 is 2.42 bits per heavy atom. The van der Waals surface area contributed by atoms with Crippen molar-refractivity contribution in [3.63, 3.8) is 0 Å². The Hall–Kier alpha value is -2.87. The molecule has 2 bridgehead atoms. The Morgan fingerprint density at radius 2 is 1.85 bits per heavy atom. The van der Waals surface area contributed by atoms with E-state index >= 15 is 0 Å². The summed E-state index contributed by atoms with van der Waals surface area (Å²) in [6.07, 6.45) is 6.06. The second-order valence-electron chi connectivity index (χ2n) is 7.21. The molecule has 0 spiro atoms. The molecule has 2 atom stereocenters. The zero-order valence-electron chi connectivity index (χ0n) is 14.9. The SMILES string of the molecule is CN(C(=O)c1ccccc1)C1CC2CCC(C1)N2c1ccc(C#N)nc1.